The van der Waals surface area contributed by atoms with Crippen LogP contribution in [0.4, 0.5) is 10.1 Å². The molecule has 0 atom stereocenters. The van der Waals surface area contributed by atoms with Crippen LogP contribution >= 0.6 is 11.6 Å². The van der Waals surface area contributed by atoms with Crippen molar-refractivity contribution in [3.8, 4) is 11.1 Å². The molecule has 3 heteroatoms. The summed E-state index contributed by atoms with van der Waals surface area (Å²) in [6.07, 6.45) is 0. The van der Waals surface area contributed by atoms with E-state index in [1.54, 1.807) is 25.1 Å². The highest BCUT2D eigenvalue weighted by molar-refractivity contribution is 6.35. The number of rotatable bonds is 1. The molecule has 0 aliphatic heterocycles. The molecule has 2 aromatic carbocycles. The molecule has 16 heavy (non-hydrogen) atoms. The van der Waals surface area contributed by atoms with Gasteiger partial charge in [0.25, 0.3) is 0 Å². The molecule has 0 saturated heterocycles. The standard InChI is InChI=1S/C13H11ClFN/c1-8-9(4-2-6-11(8)15)10-5-3-7-12(16)13(10)14/h2-7H,16H2,1H3. The Morgan fingerprint density at radius 2 is 1.69 bits per heavy atom. The summed E-state index contributed by atoms with van der Waals surface area (Å²) < 4.78 is 13.4. The molecule has 1 nitrogen and oxygen atoms in total. The molecule has 0 aliphatic carbocycles. The van der Waals surface area contributed by atoms with Crippen LogP contribution in [-0.2, 0) is 0 Å². The van der Waals surface area contributed by atoms with Crippen LogP contribution in [0.3, 0.4) is 0 Å². The first-order valence-electron chi connectivity index (χ1n) is 4.90. The zero-order valence-electron chi connectivity index (χ0n) is 8.80. The van der Waals surface area contributed by atoms with E-state index in [2.05, 4.69) is 0 Å². The second kappa shape index (κ2) is 4.14. The van der Waals surface area contributed by atoms with Gasteiger partial charge < -0.3 is 5.73 Å². The zero-order chi connectivity index (χ0) is 11.7. The quantitative estimate of drug-likeness (QED) is 0.742. The smallest absolute Gasteiger partial charge is 0.126 e. The fraction of sp³-hybridized carbons (Fsp3) is 0.0769. The summed E-state index contributed by atoms with van der Waals surface area (Å²) in [6, 6.07) is 10.3. The van der Waals surface area contributed by atoms with Crippen LogP contribution in [0.5, 0.6) is 0 Å². The Morgan fingerprint density at radius 3 is 2.44 bits per heavy atom. The van der Waals surface area contributed by atoms with E-state index >= 15 is 0 Å². The number of halogens is 2. The molecule has 0 fully saturated rings. The summed E-state index contributed by atoms with van der Waals surface area (Å²) >= 11 is 6.10. The van der Waals surface area contributed by atoms with Crippen LogP contribution in [0.25, 0.3) is 11.1 Å². The maximum Gasteiger partial charge on any atom is 0.126 e. The summed E-state index contributed by atoms with van der Waals surface area (Å²) in [4.78, 5) is 0. The lowest BCUT2D eigenvalue weighted by molar-refractivity contribution is 0.619. The van der Waals surface area contributed by atoms with Crippen molar-refractivity contribution in [1.29, 1.82) is 0 Å². The normalized spacial score (nSPS) is 10.4. The molecule has 0 heterocycles. The third kappa shape index (κ3) is 1.76. The van der Waals surface area contributed by atoms with Crippen molar-refractivity contribution < 1.29 is 4.39 Å². The van der Waals surface area contributed by atoms with E-state index in [0.29, 0.717) is 16.3 Å². The fourth-order valence-electron chi connectivity index (χ4n) is 1.66. The average molecular weight is 236 g/mol. The molecule has 2 aromatic rings. The van der Waals surface area contributed by atoms with Crippen LogP contribution in [0.1, 0.15) is 5.56 Å². The van der Waals surface area contributed by atoms with E-state index in [9.17, 15) is 4.39 Å². The largest absolute Gasteiger partial charge is 0.398 e. The van der Waals surface area contributed by atoms with Crippen LogP contribution in [0.15, 0.2) is 36.4 Å². The Bertz CT molecular complexity index is 488. The van der Waals surface area contributed by atoms with Gasteiger partial charge in [-0.2, -0.15) is 0 Å². The van der Waals surface area contributed by atoms with E-state index in [-0.39, 0.29) is 5.82 Å². The van der Waals surface area contributed by atoms with Gasteiger partial charge in [-0.25, -0.2) is 4.39 Å². The van der Waals surface area contributed by atoms with Crippen molar-refractivity contribution in [3.63, 3.8) is 0 Å². The number of hydrogen-bond acceptors (Lipinski definition) is 1. The predicted octanol–water partition coefficient (Wildman–Crippen LogP) is 4.04. The Morgan fingerprint density at radius 1 is 1.06 bits per heavy atom. The van der Waals surface area contributed by atoms with Gasteiger partial charge in [0.15, 0.2) is 0 Å². The van der Waals surface area contributed by atoms with Gasteiger partial charge in [-0.15, -0.1) is 0 Å². The van der Waals surface area contributed by atoms with Crippen molar-refractivity contribution >= 4 is 17.3 Å². The Labute approximate surface area is 98.7 Å². The van der Waals surface area contributed by atoms with Crippen molar-refractivity contribution in [1.82, 2.24) is 0 Å². The molecule has 0 amide bonds. The SMILES string of the molecule is Cc1c(F)cccc1-c1cccc(N)c1Cl. The van der Waals surface area contributed by atoms with Crippen LogP contribution in [0, 0.1) is 12.7 Å². The Kier molecular flexibility index (Phi) is 2.84. The number of benzene rings is 2. The first-order valence-corrected chi connectivity index (χ1v) is 5.28. The molecule has 0 saturated carbocycles. The molecule has 0 aliphatic rings. The highest BCUT2D eigenvalue weighted by Gasteiger charge is 2.10. The second-order valence-electron chi connectivity index (χ2n) is 3.62. The van der Waals surface area contributed by atoms with Gasteiger partial charge >= 0.3 is 0 Å². The Balaban J connectivity index is 2.68. The number of nitrogen functional groups attached to an aromatic ring is 1. The minimum atomic E-state index is -0.240. The lowest BCUT2D eigenvalue weighted by Crippen LogP contribution is -1.92. The van der Waals surface area contributed by atoms with Gasteiger partial charge in [0.05, 0.1) is 10.7 Å². The molecule has 0 radical (unpaired) electrons. The molecule has 2 N–H and O–H groups in total. The molecule has 0 spiro atoms. The lowest BCUT2D eigenvalue weighted by atomic mass is 10.00. The van der Waals surface area contributed by atoms with Gasteiger partial charge in [0.1, 0.15) is 5.82 Å². The van der Waals surface area contributed by atoms with Gasteiger partial charge in [-0.1, -0.05) is 35.9 Å². The zero-order valence-corrected chi connectivity index (χ0v) is 9.55. The summed E-state index contributed by atoms with van der Waals surface area (Å²) in [6.45, 7) is 1.73. The molecule has 2 rings (SSSR count). The molecule has 0 bridgehead atoms. The van der Waals surface area contributed by atoms with E-state index < -0.39 is 0 Å². The fourth-order valence-corrected chi connectivity index (χ4v) is 1.88. The molecular weight excluding hydrogens is 225 g/mol. The predicted molar refractivity (Wildman–Crippen MR) is 66.0 cm³/mol. The van der Waals surface area contributed by atoms with Gasteiger partial charge in [0.2, 0.25) is 0 Å². The highest BCUT2D eigenvalue weighted by Crippen LogP contribution is 2.34. The lowest BCUT2D eigenvalue weighted by Gasteiger charge is -2.10. The number of hydrogen-bond donors (Lipinski definition) is 1. The van der Waals surface area contributed by atoms with E-state index in [1.165, 1.54) is 6.07 Å². The maximum absolute atomic E-state index is 13.4. The van der Waals surface area contributed by atoms with E-state index in [4.69, 9.17) is 17.3 Å². The van der Waals surface area contributed by atoms with Crippen molar-refractivity contribution in [2.45, 2.75) is 6.92 Å². The van der Waals surface area contributed by atoms with Crippen molar-refractivity contribution in [2.75, 3.05) is 5.73 Å². The first-order chi connectivity index (χ1) is 7.61. The summed E-state index contributed by atoms with van der Waals surface area (Å²) in [7, 11) is 0. The molecule has 0 aromatic heterocycles. The van der Waals surface area contributed by atoms with E-state index in [1.807, 2.05) is 12.1 Å². The van der Waals surface area contributed by atoms with E-state index in [0.717, 1.165) is 11.1 Å². The highest BCUT2D eigenvalue weighted by atomic mass is 35.5. The number of anilines is 1. The Hall–Kier alpha value is -1.54. The molecule has 0 unspecified atom stereocenters. The van der Waals surface area contributed by atoms with Crippen molar-refractivity contribution in [3.05, 3.63) is 52.8 Å². The third-order valence-electron chi connectivity index (χ3n) is 2.59. The summed E-state index contributed by atoms with van der Waals surface area (Å²) in [5.74, 6) is -0.240. The minimum absolute atomic E-state index is 0.240. The maximum atomic E-state index is 13.4. The molecule has 82 valence electrons. The monoisotopic (exact) mass is 235 g/mol. The number of nitrogens with two attached hydrogens (primary N) is 1. The third-order valence-corrected chi connectivity index (χ3v) is 3.01. The second-order valence-corrected chi connectivity index (χ2v) is 4.00. The molecular formula is C13H11ClFN. The van der Waals surface area contributed by atoms with Gasteiger partial charge in [-0.3, -0.25) is 0 Å². The minimum Gasteiger partial charge on any atom is -0.398 e. The van der Waals surface area contributed by atoms with Crippen LogP contribution in [0.2, 0.25) is 5.02 Å². The van der Waals surface area contributed by atoms with Crippen LogP contribution in [-0.4, -0.2) is 0 Å². The van der Waals surface area contributed by atoms with Crippen molar-refractivity contribution in [2.24, 2.45) is 0 Å². The summed E-state index contributed by atoms with van der Waals surface area (Å²) in [5, 5.41) is 0.469. The topological polar surface area (TPSA) is 26.0 Å². The average Bonchev–Trinajstić information content (AvgIpc) is 2.27. The van der Waals surface area contributed by atoms with Gasteiger partial charge in [0, 0.05) is 5.56 Å². The van der Waals surface area contributed by atoms with Crippen LogP contribution < -0.4 is 5.73 Å². The van der Waals surface area contributed by atoms with Gasteiger partial charge in [-0.05, 0) is 30.2 Å². The summed E-state index contributed by atoms with van der Waals surface area (Å²) in [5.41, 5.74) is 8.34. The first kappa shape index (κ1) is 11.0.